The molecule has 0 aliphatic rings. The van der Waals surface area contributed by atoms with Crippen LogP contribution in [0.25, 0.3) is 0 Å². The normalized spacial score (nSPS) is 10.6. The van der Waals surface area contributed by atoms with E-state index in [-0.39, 0.29) is 0 Å². The number of anilines is 1. The van der Waals surface area contributed by atoms with Gasteiger partial charge in [-0.2, -0.15) is 0 Å². The maximum Gasteiger partial charge on any atom is 0.164 e. The van der Waals surface area contributed by atoms with Gasteiger partial charge in [0.15, 0.2) is 11.5 Å². The first-order chi connectivity index (χ1) is 9.08. The van der Waals surface area contributed by atoms with Crippen molar-refractivity contribution in [1.29, 1.82) is 0 Å². The fourth-order valence-electron chi connectivity index (χ4n) is 1.53. The van der Waals surface area contributed by atoms with E-state index in [9.17, 15) is 0 Å². The molecule has 5 nitrogen and oxygen atoms in total. The van der Waals surface area contributed by atoms with Crippen LogP contribution in [-0.4, -0.2) is 34.0 Å². The Balaban J connectivity index is 2.53. The van der Waals surface area contributed by atoms with E-state index < -0.39 is 0 Å². The van der Waals surface area contributed by atoms with Gasteiger partial charge >= 0.3 is 0 Å². The fourth-order valence-corrected chi connectivity index (χ4v) is 1.53. The van der Waals surface area contributed by atoms with Gasteiger partial charge in [-0.15, -0.1) is 0 Å². The lowest BCUT2D eigenvalue weighted by atomic mass is 10.2. The Morgan fingerprint density at radius 2 is 1.63 bits per heavy atom. The molecule has 0 fully saturated rings. The predicted octanol–water partition coefficient (Wildman–Crippen LogP) is 2.34. The van der Waals surface area contributed by atoms with Crippen LogP contribution in [0.1, 0.15) is 13.8 Å². The molecule has 1 rings (SSSR count). The zero-order valence-corrected chi connectivity index (χ0v) is 12.1. The Labute approximate surface area is 114 Å². The lowest BCUT2D eigenvalue weighted by Gasteiger charge is -2.14. The number of ether oxygens (including phenoxy) is 4. The highest BCUT2D eigenvalue weighted by Crippen LogP contribution is 2.36. The SMILES string of the molecule is COc1cc(N)c(OCCOCC(C)C)cc1OC. The summed E-state index contributed by atoms with van der Waals surface area (Å²) in [7, 11) is 3.14. The number of hydrogen-bond donors (Lipinski definition) is 1. The fraction of sp³-hybridized carbons (Fsp3) is 0.571. The molecule has 1 aromatic carbocycles. The average molecular weight is 269 g/mol. The topological polar surface area (TPSA) is 62.9 Å². The van der Waals surface area contributed by atoms with E-state index in [0.29, 0.717) is 42.1 Å². The number of methoxy groups -OCH3 is 2. The minimum absolute atomic E-state index is 0.451. The van der Waals surface area contributed by atoms with Crippen LogP contribution >= 0.6 is 0 Å². The third-order valence-corrected chi connectivity index (χ3v) is 2.45. The molecule has 0 radical (unpaired) electrons. The van der Waals surface area contributed by atoms with Crippen molar-refractivity contribution in [3.05, 3.63) is 12.1 Å². The second kappa shape index (κ2) is 7.74. The Morgan fingerprint density at radius 3 is 2.21 bits per heavy atom. The zero-order chi connectivity index (χ0) is 14.3. The molecule has 19 heavy (non-hydrogen) atoms. The highest BCUT2D eigenvalue weighted by molar-refractivity contribution is 5.61. The van der Waals surface area contributed by atoms with E-state index >= 15 is 0 Å². The van der Waals surface area contributed by atoms with Crippen LogP contribution in [0.5, 0.6) is 17.2 Å². The van der Waals surface area contributed by atoms with Crippen LogP contribution in [0.15, 0.2) is 12.1 Å². The van der Waals surface area contributed by atoms with Gasteiger partial charge in [0, 0.05) is 18.7 Å². The molecule has 108 valence electrons. The van der Waals surface area contributed by atoms with Crippen molar-refractivity contribution in [1.82, 2.24) is 0 Å². The first-order valence-electron chi connectivity index (χ1n) is 6.30. The van der Waals surface area contributed by atoms with Crippen molar-refractivity contribution in [2.75, 3.05) is 39.8 Å². The Morgan fingerprint density at radius 1 is 1.00 bits per heavy atom. The molecule has 5 heteroatoms. The largest absolute Gasteiger partial charge is 0.493 e. The molecule has 0 saturated carbocycles. The molecule has 0 unspecified atom stereocenters. The van der Waals surface area contributed by atoms with Crippen LogP contribution in [0.3, 0.4) is 0 Å². The smallest absolute Gasteiger partial charge is 0.164 e. The third-order valence-electron chi connectivity index (χ3n) is 2.45. The minimum Gasteiger partial charge on any atom is -0.493 e. The van der Waals surface area contributed by atoms with Crippen molar-refractivity contribution in [2.45, 2.75) is 13.8 Å². The number of hydrogen-bond acceptors (Lipinski definition) is 5. The van der Waals surface area contributed by atoms with Gasteiger partial charge in [0.2, 0.25) is 0 Å². The summed E-state index contributed by atoms with van der Waals surface area (Å²) in [5, 5.41) is 0. The van der Waals surface area contributed by atoms with E-state index in [4.69, 9.17) is 24.7 Å². The summed E-state index contributed by atoms with van der Waals surface area (Å²) in [6, 6.07) is 3.40. The highest BCUT2D eigenvalue weighted by Gasteiger charge is 2.10. The summed E-state index contributed by atoms with van der Waals surface area (Å²) in [5.41, 5.74) is 6.40. The molecule has 0 spiro atoms. The number of nitrogens with two attached hydrogens (primary N) is 1. The minimum atomic E-state index is 0.451. The van der Waals surface area contributed by atoms with E-state index in [1.807, 2.05) is 0 Å². The maximum atomic E-state index is 5.88. The summed E-state index contributed by atoms with van der Waals surface area (Å²) < 4.78 is 21.4. The van der Waals surface area contributed by atoms with E-state index in [1.54, 1.807) is 26.4 Å². The van der Waals surface area contributed by atoms with E-state index in [2.05, 4.69) is 13.8 Å². The summed E-state index contributed by atoms with van der Waals surface area (Å²) in [6.45, 7) is 5.92. The first kappa shape index (κ1) is 15.4. The first-order valence-corrected chi connectivity index (χ1v) is 6.30. The van der Waals surface area contributed by atoms with Gasteiger partial charge < -0.3 is 24.7 Å². The summed E-state index contributed by atoms with van der Waals surface area (Å²) in [5.74, 6) is 2.27. The van der Waals surface area contributed by atoms with Gasteiger partial charge in [-0.1, -0.05) is 13.8 Å². The second-order valence-corrected chi connectivity index (χ2v) is 4.56. The van der Waals surface area contributed by atoms with Crippen molar-refractivity contribution >= 4 is 5.69 Å². The molecule has 0 aliphatic heterocycles. The summed E-state index contributed by atoms with van der Waals surface area (Å²) in [4.78, 5) is 0. The molecule has 0 aliphatic carbocycles. The van der Waals surface area contributed by atoms with Crippen LogP contribution in [0.2, 0.25) is 0 Å². The zero-order valence-electron chi connectivity index (χ0n) is 12.1. The quantitative estimate of drug-likeness (QED) is 0.579. The van der Waals surface area contributed by atoms with Gasteiger partial charge in [-0.3, -0.25) is 0 Å². The molecular formula is C14H23NO4. The van der Waals surface area contributed by atoms with E-state index in [0.717, 1.165) is 6.61 Å². The molecule has 0 amide bonds. The lowest BCUT2D eigenvalue weighted by Crippen LogP contribution is -2.11. The van der Waals surface area contributed by atoms with Crippen LogP contribution in [-0.2, 0) is 4.74 Å². The van der Waals surface area contributed by atoms with Crippen LogP contribution in [0, 0.1) is 5.92 Å². The average Bonchev–Trinajstić information content (AvgIpc) is 2.39. The Bertz CT molecular complexity index is 393. The summed E-state index contributed by atoms with van der Waals surface area (Å²) in [6.07, 6.45) is 0. The predicted molar refractivity (Wildman–Crippen MR) is 75.1 cm³/mol. The van der Waals surface area contributed by atoms with Gasteiger partial charge in [0.05, 0.1) is 26.5 Å². The second-order valence-electron chi connectivity index (χ2n) is 4.56. The Kier molecular flexibility index (Phi) is 6.29. The molecule has 0 atom stereocenters. The van der Waals surface area contributed by atoms with Crippen molar-refractivity contribution < 1.29 is 18.9 Å². The van der Waals surface area contributed by atoms with Crippen molar-refractivity contribution in [3.8, 4) is 17.2 Å². The molecule has 0 bridgehead atoms. The van der Waals surface area contributed by atoms with Gasteiger partial charge in [0.25, 0.3) is 0 Å². The maximum absolute atomic E-state index is 5.88. The Hall–Kier alpha value is -1.62. The molecule has 0 saturated heterocycles. The molecular weight excluding hydrogens is 246 g/mol. The van der Waals surface area contributed by atoms with Crippen LogP contribution < -0.4 is 19.9 Å². The monoisotopic (exact) mass is 269 g/mol. The molecule has 1 aromatic rings. The highest BCUT2D eigenvalue weighted by atomic mass is 16.5. The molecule has 2 N–H and O–H groups in total. The third kappa shape index (κ3) is 4.87. The molecule has 0 heterocycles. The number of benzene rings is 1. The lowest BCUT2D eigenvalue weighted by molar-refractivity contribution is 0.0820. The number of nitrogen functional groups attached to an aromatic ring is 1. The van der Waals surface area contributed by atoms with Crippen molar-refractivity contribution in [2.24, 2.45) is 5.92 Å². The molecule has 0 aromatic heterocycles. The standard InChI is InChI=1S/C14H23NO4/c1-10(2)9-18-5-6-19-12-8-14(17-4)13(16-3)7-11(12)15/h7-8,10H,5-6,9,15H2,1-4H3. The van der Waals surface area contributed by atoms with Crippen LogP contribution in [0.4, 0.5) is 5.69 Å². The van der Waals surface area contributed by atoms with Crippen molar-refractivity contribution in [3.63, 3.8) is 0 Å². The number of rotatable bonds is 8. The van der Waals surface area contributed by atoms with E-state index in [1.165, 1.54) is 0 Å². The van der Waals surface area contributed by atoms with Gasteiger partial charge in [0.1, 0.15) is 12.4 Å². The van der Waals surface area contributed by atoms with Gasteiger partial charge in [-0.05, 0) is 5.92 Å². The van der Waals surface area contributed by atoms with Gasteiger partial charge in [-0.25, -0.2) is 0 Å². The summed E-state index contributed by atoms with van der Waals surface area (Å²) >= 11 is 0.